The Morgan fingerprint density at radius 1 is 1.08 bits per heavy atom. The van der Waals surface area contributed by atoms with Gasteiger partial charge in [0.1, 0.15) is 6.04 Å². The van der Waals surface area contributed by atoms with Gasteiger partial charge in [-0.2, -0.15) is 0 Å². The highest BCUT2D eigenvalue weighted by atomic mass is 32.2. The maximum absolute atomic E-state index is 12.7. The highest BCUT2D eigenvalue weighted by Crippen LogP contribution is 2.26. The molecule has 0 spiro atoms. The molecule has 0 aliphatic carbocycles. The SMILES string of the molecule is CCCCS(=O)(=O)N1CCC(C(=O)N2CCCCC2C(=O)O)CC1. The Kier molecular flexibility index (Phi) is 6.62. The highest BCUT2D eigenvalue weighted by molar-refractivity contribution is 7.89. The smallest absolute Gasteiger partial charge is 0.326 e. The van der Waals surface area contributed by atoms with E-state index in [2.05, 4.69) is 0 Å². The van der Waals surface area contributed by atoms with Gasteiger partial charge >= 0.3 is 5.97 Å². The summed E-state index contributed by atoms with van der Waals surface area (Å²) in [5.41, 5.74) is 0. The minimum absolute atomic E-state index is 0.118. The average Bonchev–Trinajstić information content (AvgIpc) is 2.59. The first-order chi connectivity index (χ1) is 11.4. The number of amides is 1. The van der Waals surface area contributed by atoms with E-state index in [0.717, 1.165) is 19.3 Å². The number of hydrogen-bond donors (Lipinski definition) is 1. The van der Waals surface area contributed by atoms with Crippen molar-refractivity contribution in [3.8, 4) is 0 Å². The van der Waals surface area contributed by atoms with Gasteiger partial charge in [-0.1, -0.05) is 13.3 Å². The molecule has 2 aliphatic heterocycles. The number of aliphatic carboxylic acids is 1. The van der Waals surface area contributed by atoms with E-state index >= 15 is 0 Å². The molecular weight excluding hydrogens is 332 g/mol. The van der Waals surface area contributed by atoms with E-state index in [-0.39, 0.29) is 17.6 Å². The summed E-state index contributed by atoms with van der Waals surface area (Å²) < 4.78 is 25.9. The van der Waals surface area contributed by atoms with Crippen LogP contribution in [0, 0.1) is 5.92 Å². The Bertz CT molecular complexity index is 555. The first-order valence-electron chi connectivity index (χ1n) is 8.88. The van der Waals surface area contributed by atoms with E-state index in [9.17, 15) is 23.1 Å². The van der Waals surface area contributed by atoms with E-state index in [0.29, 0.717) is 45.3 Å². The summed E-state index contributed by atoms with van der Waals surface area (Å²) in [7, 11) is -3.23. The summed E-state index contributed by atoms with van der Waals surface area (Å²) in [6.45, 7) is 3.16. The summed E-state index contributed by atoms with van der Waals surface area (Å²) in [6.07, 6.45) is 4.61. The molecule has 7 nitrogen and oxygen atoms in total. The summed E-state index contributed by atoms with van der Waals surface area (Å²) >= 11 is 0. The lowest BCUT2D eigenvalue weighted by atomic mass is 9.93. The lowest BCUT2D eigenvalue weighted by Crippen LogP contribution is -2.52. The van der Waals surface area contributed by atoms with Crippen LogP contribution in [0.3, 0.4) is 0 Å². The Morgan fingerprint density at radius 2 is 1.75 bits per heavy atom. The van der Waals surface area contributed by atoms with E-state index in [1.54, 1.807) is 0 Å². The van der Waals surface area contributed by atoms with Crippen LogP contribution < -0.4 is 0 Å². The van der Waals surface area contributed by atoms with Crippen molar-refractivity contribution < 1.29 is 23.1 Å². The number of hydrogen-bond acceptors (Lipinski definition) is 4. The summed E-state index contributed by atoms with van der Waals surface area (Å²) in [4.78, 5) is 25.5. The van der Waals surface area contributed by atoms with Crippen molar-refractivity contribution in [2.45, 2.75) is 57.9 Å². The van der Waals surface area contributed by atoms with Crippen LogP contribution >= 0.6 is 0 Å². The first kappa shape index (κ1) is 19.2. The predicted octanol–water partition coefficient (Wildman–Crippen LogP) is 1.29. The van der Waals surface area contributed by atoms with Gasteiger partial charge in [-0.05, 0) is 38.5 Å². The van der Waals surface area contributed by atoms with Crippen molar-refractivity contribution in [3.05, 3.63) is 0 Å². The van der Waals surface area contributed by atoms with Gasteiger partial charge in [0.25, 0.3) is 0 Å². The van der Waals surface area contributed by atoms with Gasteiger partial charge in [-0.15, -0.1) is 0 Å². The number of nitrogens with zero attached hydrogens (tertiary/aromatic N) is 2. The molecule has 1 N–H and O–H groups in total. The van der Waals surface area contributed by atoms with Crippen LogP contribution in [-0.4, -0.2) is 66.0 Å². The first-order valence-corrected chi connectivity index (χ1v) is 10.5. The fourth-order valence-electron chi connectivity index (χ4n) is 3.52. The number of piperidine rings is 2. The number of sulfonamides is 1. The highest BCUT2D eigenvalue weighted by Gasteiger charge is 2.37. The van der Waals surface area contributed by atoms with Crippen molar-refractivity contribution in [1.82, 2.24) is 9.21 Å². The molecule has 0 aromatic rings. The van der Waals surface area contributed by atoms with E-state index in [1.807, 2.05) is 6.92 Å². The van der Waals surface area contributed by atoms with Crippen molar-refractivity contribution in [2.24, 2.45) is 5.92 Å². The summed E-state index contributed by atoms with van der Waals surface area (Å²) in [5.74, 6) is -1.16. The Morgan fingerprint density at radius 3 is 2.33 bits per heavy atom. The van der Waals surface area contributed by atoms with Gasteiger partial charge < -0.3 is 10.0 Å². The van der Waals surface area contributed by atoms with Gasteiger partial charge in [0.2, 0.25) is 15.9 Å². The fourth-order valence-corrected chi connectivity index (χ4v) is 5.20. The minimum Gasteiger partial charge on any atom is -0.480 e. The second-order valence-corrected chi connectivity index (χ2v) is 8.81. The minimum atomic E-state index is -3.23. The lowest BCUT2D eigenvalue weighted by molar-refractivity contribution is -0.154. The molecule has 0 radical (unpaired) electrons. The molecule has 2 rings (SSSR count). The second kappa shape index (κ2) is 8.29. The molecule has 138 valence electrons. The zero-order valence-electron chi connectivity index (χ0n) is 14.3. The summed E-state index contributed by atoms with van der Waals surface area (Å²) in [5, 5.41) is 9.31. The summed E-state index contributed by atoms with van der Waals surface area (Å²) in [6, 6.07) is -0.724. The predicted molar refractivity (Wildman–Crippen MR) is 90.0 cm³/mol. The van der Waals surface area contributed by atoms with Gasteiger partial charge in [0.05, 0.1) is 5.75 Å². The number of carboxylic acid groups (broad SMARTS) is 1. The second-order valence-electron chi connectivity index (χ2n) is 6.72. The number of carboxylic acids is 1. The van der Waals surface area contributed by atoms with Crippen LogP contribution in [0.15, 0.2) is 0 Å². The topological polar surface area (TPSA) is 95.0 Å². The molecule has 0 aromatic carbocycles. The maximum atomic E-state index is 12.7. The molecular formula is C16H28N2O5S. The maximum Gasteiger partial charge on any atom is 0.326 e. The molecule has 2 saturated heterocycles. The average molecular weight is 360 g/mol. The van der Waals surface area contributed by atoms with Crippen LogP contribution in [0.1, 0.15) is 51.9 Å². The van der Waals surface area contributed by atoms with Crippen molar-refractivity contribution >= 4 is 21.9 Å². The Hall–Kier alpha value is -1.15. The van der Waals surface area contributed by atoms with Gasteiger partial charge in [0.15, 0.2) is 0 Å². The third-order valence-corrected chi connectivity index (χ3v) is 6.98. The molecule has 1 amide bonds. The quantitative estimate of drug-likeness (QED) is 0.770. The van der Waals surface area contributed by atoms with Crippen LogP contribution in [-0.2, 0) is 19.6 Å². The number of carbonyl (C=O) groups excluding carboxylic acids is 1. The Balaban J connectivity index is 1.94. The molecule has 2 heterocycles. The van der Waals surface area contributed by atoms with Crippen LogP contribution in [0.4, 0.5) is 0 Å². The van der Waals surface area contributed by atoms with Crippen molar-refractivity contribution in [2.75, 3.05) is 25.4 Å². The lowest BCUT2D eigenvalue weighted by Gasteiger charge is -2.38. The normalized spacial score (nSPS) is 24.0. The zero-order valence-corrected chi connectivity index (χ0v) is 15.1. The third-order valence-electron chi connectivity index (χ3n) is 5.02. The van der Waals surface area contributed by atoms with E-state index in [4.69, 9.17) is 0 Å². The number of unbranched alkanes of at least 4 members (excludes halogenated alkanes) is 1. The number of carbonyl (C=O) groups is 2. The number of rotatable bonds is 6. The van der Waals surface area contributed by atoms with Crippen LogP contribution in [0.5, 0.6) is 0 Å². The number of likely N-dealkylation sites (tertiary alicyclic amines) is 1. The van der Waals surface area contributed by atoms with Crippen molar-refractivity contribution in [3.63, 3.8) is 0 Å². The molecule has 24 heavy (non-hydrogen) atoms. The largest absolute Gasteiger partial charge is 0.480 e. The fraction of sp³-hybridized carbons (Fsp3) is 0.875. The molecule has 2 aliphatic rings. The molecule has 1 atom stereocenters. The molecule has 1 unspecified atom stereocenters. The molecule has 2 fully saturated rings. The molecule has 0 aromatic heterocycles. The van der Waals surface area contributed by atoms with E-state index in [1.165, 1.54) is 9.21 Å². The van der Waals surface area contributed by atoms with E-state index < -0.39 is 22.0 Å². The molecule has 0 bridgehead atoms. The van der Waals surface area contributed by atoms with Crippen molar-refractivity contribution in [1.29, 1.82) is 0 Å². The standard InChI is InChI=1S/C16H28N2O5S/c1-2-3-12-24(22,23)17-10-7-13(8-11-17)15(19)18-9-5-4-6-14(18)16(20)21/h13-14H,2-12H2,1H3,(H,20,21). The van der Waals surface area contributed by atoms with Gasteiger partial charge in [-0.25, -0.2) is 17.5 Å². The molecule has 0 saturated carbocycles. The zero-order chi connectivity index (χ0) is 17.7. The van der Waals surface area contributed by atoms with Gasteiger partial charge in [-0.3, -0.25) is 4.79 Å². The van der Waals surface area contributed by atoms with Crippen LogP contribution in [0.25, 0.3) is 0 Å². The van der Waals surface area contributed by atoms with Gasteiger partial charge in [0, 0.05) is 25.6 Å². The molecule has 8 heteroatoms. The monoisotopic (exact) mass is 360 g/mol. The third kappa shape index (κ3) is 4.47. The van der Waals surface area contributed by atoms with Crippen LogP contribution in [0.2, 0.25) is 0 Å². The Labute approximate surface area is 144 Å².